The van der Waals surface area contributed by atoms with Crippen LogP contribution >= 0.6 is 11.3 Å². The van der Waals surface area contributed by atoms with Crippen molar-refractivity contribution in [3.63, 3.8) is 0 Å². The van der Waals surface area contributed by atoms with Gasteiger partial charge in [-0.1, -0.05) is 54.1 Å². The quantitative estimate of drug-likeness (QED) is 0.657. The second kappa shape index (κ2) is 8.51. The molecule has 1 amide bonds. The van der Waals surface area contributed by atoms with Crippen LogP contribution in [0, 0.1) is 20.8 Å². The van der Waals surface area contributed by atoms with Crippen LogP contribution in [0.4, 0.5) is 5.69 Å². The van der Waals surface area contributed by atoms with Gasteiger partial charge in [0.1, 0.15) is 6.04 Å². The molecule has 0 saturated carbocycles. The SMILES string of the molecule is Cc1cc(C)c(NC(=O)[C@@H](C)[NH2+][C@@H](c2ccccc2)c2cccs2)c(C)c1. The van der Waals surface area contributed by atoms with Crippen LogP contribution in [0.1, 0.15) is 40.1 Å². The molecule has 1 heterocycles. The second-order valence-corrected chi connectivity index (χ2v) is 8.13. The van der Waals surface area contributed by atoms with Gasteiger partial charge in [-0.2, -0.15) is 0 Å². The molecule has 0 spiro atoms. The van der Waals surface area contributed by atoms with Crippen molar-refractivity contribution in [3.05, 3.63) is 87.1 Å². The van der Waals surface area contributed by atoms with E-state index in [0.29, 0.717) is 0 Å². The predicted octanol–water partition coefficient (Wildman–Crippen LogP) is 4.35. The molecule has 0 fully saturated rings. The van der Waals surface area contributed by atoms with E-state index in [1.165, 1.54) is 16.0 Å². The number of amides is 1. The molecule has 0 radical (unpaired) electrons. The van der Waals surface area contributed by atoms with Crippen LogP contribution in [0.15, 0.2) is 60.0 Å². The number of rotatable bonds is 6. The van der Waals surface area contributed by atoms with Crippen molar-refractivity contribution in [1.82, 2.24) is 0 Å². The van der Waals surface area contributed by atoms with E-state index in [9.17, 15) is 4.79 Å². The Bertz CT molecular complexity index is 880. The molecule has 3 aromatic rings. The third-order valence-corrected chi connectivity index (χ3v) is 5.78. The van der Waals surface area contributed by atoms with Gasteiger partial charge < -0.3 is 10.6 Å². The molecular formula is C23H27N2OS+. The highest BCUT2D eigenvalue weighted by Gasteiger charge is 2.26. The second-order valence-electron chi connectivity index (χ2n) is 7.15. The maximum absolute atomic E-state index is 12.9. The first-order valence-corrected chi connectivity index (χ1v) is 10.2. The summed E-state index contributed by atoms with van der Waals surface area (Å²) >= 11 is 1.73. The van der Waals surface area contributed by atoms with Crippen LogP contribution in [0.5, 0.6) is 0 Å². The minimum absolute atomic E-state index is 0.0301. The first kappa shape index (κ1) is 19.3. The van der Waals surface area contributed by atoms with Gasteiger partial charge in [-0.05, 0) is 50.3 Å². The number of nitrogens with two attached hydrogens (primary N) is 1. The van der Waals surface area contributed by atoms with Gasteiger partial charge in [0.25, 0.3) is 5.91 Å². The molecule has 2 atom stereocenters. The molecule has 2 aromatic carbocycles. The Morgan fingerprint density at radius 2 is 1.67 bits per heavy atom. The van der Waals surface area contributed by atoms with E-state index in [-0.39, 0.29) is 18.0 Å². The average molecular weight is 380 g/mol. The Labute approximate surface area is 165 Å². The molecule has 0 unspecified atom stereocenters. The zero-order chi connectivity index (χ0) is 19.4. The Morgan fingerprint density at radius 1 is 1.00 bits per heavy atom. The first-order chi connectivity index (χ1) is 13.0. The number of quaternary nitrogens is 1. The van der Waals surface area contributed by atoms with Gasteiger partial charge in [-0.15, -0.1) is 11.3 Å². The number of carbonyl (C=O) groups excluding carboxylic acids is 1. The van der Waals surface area contributed by atoms with Gasteiger partial charge in [-0.25, -0.2) is 0 Å². The lowest BCUT2D eigenvalue weighted by Crippen LogP contribution is -2.92. The van der Waals surface area contributed by atoms with Crippen molar-refractivity contribution in [1.29, 1.82) is 0 Å². The molecule has 3 N–H and O–H groups in total. The summed E-state index contributed by atoms with van der Waals surface area (Å²) < 4.78 is 0. The zero-order valence-corrected chi connectivity index (χ0v) is 17.1. The number of aryl methyl sites for hydroxylation is 3. The minimum Gasteiger partial charge on any atom is -0.326 e. The van der Waals surface area contributed by atoms with Crippen molar-refractivity contribution < 1.29 is 10.1 Å². The molecule has 3 rings (SSSR count). The number of carbonyl (C=O) groups is 1. The van der Waals surface area contributed by atoms with Gasteiger partial charge in [0.05, 0.1) is 4.88 Å². The van der Waals surface area contributed by atoms with E-state index in [0.717, 1.165) is 16.8 Å². The van der Waals surface area contributed by atoms with Crippen LogP contribution in [0.25, 0.3) is 0 Å². The molecule has 27 heavy (non-hydrogen) atoms. The average Bonchev–Trinajstić information content (AvgIpc) is 3.17. The molecule has 0 aliphatic rings. The fourth-order valence-electron chi connectivity index (χ4n) is 3.49. The smallest absolute Gasteiger partial charge is 0.282 e. The highest BCUT2D eigenvalue weighted by Crippen LogP contribution is 2.24. The van der Waals surface area contributed by atoms with E-state index in [2.05, 4.69) is 59.3 Å². The van der Waals surface area contributed by atoms with Crippen LogP contribution in [-0.4, -0.2) is 11.9 Å². The van der Waals surface area contributed by atoms with Crippen molar-refractivity contribution >= 4 is 22.9 Å². The van der Waals surface area contributed by atoms with Crippen molar-refractivity contribution in [2.24, 2.45) is 0 Å². The van der Waals surface area contributed by atoms with Crippen LogP contribution < -0.4 is 10.6 Å². The fourth-order valence-corrected chi connectivity index (χ4v) is 4.32. The molecule has 0 aliphatic carbocycles. The molecule has 0 bridgehead atoms. The van der Waals surface area contributed by atoms with Gasteiger partial charge in [0.15, 0.2) is 6.04 Å². The first-order valence-electron chi connectivity index (χ1n) is 9.27. The number of hydrogen-bond acceptors (Lipinski definition) is 2. The lowest BCUT2D eigenvalue weighted by Gasteiger charge is -2.20. The van der Waals surface area contributed by atoms with Crippen LogP contribution in [-0.2, 0) is 4.79 Å². The Balaban J connectivity index is 1.78. The zero-order valence-electron chi connectivity index (χ0n) is 16.3. The number of hydrogen-bond donors (Lipinski definition) is 2. The summed E-state index contributed by atoms with van der Waals surface area (Å²) in [5.74, 6) is 0.0301. The maximum Gasteiger partial charge on any atom is 0.282 e. The molecular weight excluding hydrogens is 352 g/mol. The Hall–Kier alpha value is -2.43. The molecule has 0 aliphatic heterocycles. The van der Waals surface area contributed by atoms with Crippen LogP contribution in [0.3, 0.4) is 0 Å². The fraction of sp³-hybridized carbons (Fsp3) is 0.261. The standard InChI is InChI=1S/C23H26N2OS/c1-15-13-16(2)21(17(3)14-15)25-23(26)18(4)24-22(20-11-8-12-27-20)19-9-6-5-7-10-19/h5-14,18,22,24H,1-4H3,(H,25,26)/p+1/t18-,22+/m1/s1. The summed E-state index contributed by atoms with van der Waals surface area (Å²) in [6.45, 7) is 8.13. The van der Waals surface area contributed by atoms with E-state index < -0.39 is 0 Å². The highest BCUT2D eigenvalue weighted by atomic mass is 32.1. The van der Waals surface area contributed by atoms with Gasteiger partial charge in [0.2, 0.25) is 0 Å². The topological polar surface area (TPSA) is 45.7 Å². The van der Waals surface area contributed by atoms with Gasteiger partial charge in [-0.3, -0.25) is 4.79 Å². The summed E-state index contributed by atoms with van der Waals surface area (Å²) in [4.78, 5) is 14.2. The predicted molar refractivity (Wildman–Crippen MR) is 113 cm³/mol. The molecule has 4 heteroatoms. The number of thiophene rings is 1. The monoisotopic (exact) mass is 379 g/mol. The lowest BCUT2D eigenvalue weighted by molar-refractivity contribution is -0.703. The van der Waals surface area contributed by atoms with Crippen LogP contribution in [0.2, 0.25) is 0 Å². The third-order valence-electron chi connectivity index (χ3n) is 4.83. The normalized spacial score (nSPS) is 13.2. The molecule has 3 nitrogen and oxygen atoms in total. The summed E-state index contributed by atoms with van der Waals surface area (Å²) in [6.07, 6.45) is 0. The maximum atomic E-state index is 12.9. The minimum atomic E-state index is -0.211. The Morgan fingerprint density at radius 3 is 2.26 bits per heavy atom. The van der Waals surface area contributed by atoms with Gasteiger partial charge >= 0.3 is 0 Å². The lowest BCUT2D eigenvalue weighted by atomic mass is 10.0. The molecule has 140 valence electrons. The number of nitrogens with one attached hydrogen (secondary N) is 1. The van der Waals surface area contributed by atoms with Crippen molar-refractivity contribution in [2.45, 2.75) is 39.8 Å². The van der Waals surface area contributed by atoms with E-state index >= 15 is 0 Å². The summed E-state index contributed by atoms with van der Waals surface area (Å²) in [6, 6.07) is 18.7. The van der Waals surface area contributed by atoms with E-state index in [4.69, 9.17) is 0 Å². The van der Waals surface area contributed by atoms with E-state index in [1.54, 1.807) is 11.3 Å². The van der Waals surface area contributed by atoms with Crippen molar-refractivity contribution in [3.8, 4) is 0 Å². The van der Waals surface area contributed by atoms with Crippen molar-refractivity contribution in [2.75, 3.05) is 5.32 Å². The molecule has 0 saturated heterocycles. The Kier molecular flexibility index (Phi) is 6.09. The summed E-state index contributed by atoms with van der Waals surface area (Å²) in [7, 11) is 0. The summed E-state index contributed by atoms with van der Waals surface area (Å²) in [5, 5.41) is 7.38. The van der Waals surface area contributed by atoms with E-state index in [1.807, 2.05) is 39.0 Å². The highest BCUT2D eigenvalue weighted by molar-refractivity contribution is 7.10. The largest absolute Gasteiger partial charge is 0.326 e. The number of anilines is 1. The summed E-state index contributed by atoms with van der Waals surface area (Å²) in [5.41, 5.74) is 5.56. The molecule has 1 aromatic heterocycles. The van der Waals surface area contributed by atoms with Gasteiger partial charge in [0, 0.05) is 11.3 Å². The third kappa shape index (κ3) is 4.65. The number of benzene rings is 2.